The number of hydrogen-bond acceptors (Lipinski definition) is 24. The quantitative estimate of drug-likeness (QED) is 0.0220. The highest BCUT2D eigenvalue weighted by Gasteiger charge is 2.52. The first-order valence-corrected chi connectivity index (χ1v) is 46.9. The molecule has 8 saturated heterocycles. The highest BCUT2D eigenvalue weighted by Crippen LogP contribution is 2.59. The fourth-order valence-electron chi connectivity index (χ4n) is 23.7. The first kappa shape index (κ1) is 92.9. The molecular weight excluding hydrogens is 1750 g/mol. The van der Waals surface area contributed by atoms with Crippen LogP contribution in [-0.2, 0) is 16.0 Å². The summed E-state index contributed by atoms with van der Waals surface area (Å²) in [6.45, 7) is 12.5. The number of halogens is 1. The van der Waals surface area contributed by atoms with Gasteiger partial charge in [0.1, 0.15) is 63.5 Å². The molecule has 16 heterocycles. The second-order valence-corrected chi connectivity index (χ2v) is 39.4. The lowest BCUT2D eigenvalue weighted by molar-refractivity contribution is -0.0000935. The molecule has 0 spiro atoms. The minimum atomic E-state index is -0.561. The lowest BCUT2D eigenvalue weighted by Crippen LogP contribution is -2.49. The van der Waals surface area contributed by atoms with Crippen LogP contribution in [0.25, 0.3) is 22.8 Å². The van der Waals surface area contributed by atoms with Crippen LogP contribution in [0.4, 0.5) is 9.59 Å². The maximum absolute atomic E-state index is 12.9. The number of ether oxygens (including phenoxy) is 6. The first-order chi connectivity index (χ1) is 65.5. The maximum atomic E-state index is 12.9. The summed E-state index contributed by atoms with van der Waals surface area (Å²) in [5.41, 5.74) is 19.1. The average molecular weight is 1860 g/mol. The van der Waals surface area contributed by atoms with Gasteiger partial charge in [-0.1, -0.05) is 131 Å². The maximum Gasteiger partial charge on any atom is 0.439 e. The molecule has 24 rings (SSSR count). The zero-order valence-corrected chi connectivity index (χ0v) is 77.5. The number of amides is 2. The number of furan rings is 2. The predicted molar refractivity (Wildman–Crippen MR) is 508 cm³/mol. The summed E-state index contributed by atoms with van der Waals surface area (Å²) in [5.74, 6) is 12.9. The van der Waals surface area contributed by atoms with E-state index in [9.17, 15) is 29.2 Å². The molecule has 0 saturated carbocycles. The summed E-state index contributed by atoms with van der Waals surface area (Å²) < 4.78 is 55.7. The van der Waals surface area contributed by atoms with Gasteiger partial charge in [0.2, 0.25) is 0 Å². The van der Waals surface area contributed by atoms with Crippen LogP contribution in [0.1, 0.15) is 240 Å². The van der Waals surface area contributed by atoms with E-state index in [0.717, 1.165) is 132 Å². The number of aromatic nitrogens is 4. The van der Waals surface area contributed by atoms with Gasteiger partial charge in [-0.3, -0.25) is 28.7 Å². The number of nitrogens with one attached hydrogen (secondary N) is 3. The Bertz CT molecular complexity index is 6450. The van der Waals surface area contributed by atoms with Crippen LogP contribution in [0.5, 0.6) is 46.0 Å². The first-order valence-electron chi connectivity index (χ1n) is 46.9. The Balaban J connectivity index is 0.000000117. The normalized spacial score (nSPS) is 24.9. The van der Waals surface area contributed by atoms with E-state index in [4.69, 9.17) is 53.5 Å². The Morgan fingerprint density at radius 2 is 0.846 bits per heavy atom. The summed E-state index contributed by atoms with van der Waals surface area (Å²) in [6, 6.07) is 66.1. The number of hydrogen-bond donors (Lipinski definition) is 7. The Kier molecular flexibility index (Phi) is 26.9. The largest absolute Gasteiger partial charge is 0.472 e. The van der Waals surface area contributed by atoms with Crippen molar-refractivity contribution in [1.82, 2.24) is 40.3 Å². The van der Waals surface area contributed by atoms with Gasteiger partial charge in [-0.2, -0.15) is 5.26 Å². The molecule has 706 valence electrons. The molecule has 4 aromatic heterocycles. The summed E-state index contributed by atoms with van der Waals surface area (Å²) in [6.07, 6.45) is 24.6. The molecule has 9 N–H and O–H groups in total. The van der Waals surface area contributed by atoms with Crippen LogP contribution in [0, 0.1) is 35.0 Å². The van der Waals surface area contributed by atoms with Crippen LogP contribution >= 0.6 is 12.4 Å². The number of fused-ring (bicyclic) bond motifs is 16. The molecule has 29 nitrogen and oxygen atoms in total. The van der Waals surface area contributed by atoms with Crippen molar-refractivity contribution in [2.75, 3.05) is 0 Å². The van der Waals surface area contributed by atoms with E-state index in [1.54, 1.807) is 12.3 Å². The standard InChI is InChI=1S/C27H25N3O4.C26H31N3O4.C26H28N2O3.C22H21N3O3.C5H4O2.ClH.H3NO/c31-27-28-26(29-34-27)17-5-8-22-24(13-17)33-23-4-2-1-3-21(23)25(22)18-11-19-6-7-20(12-18)30(19)14-16-9-10-32-15-16;1-26(2,3)33-25(30)29-17-9-10-18(29)13-16(12-17)23-19-6-4-5-7-21(19)32-22-14-15(24(27)28-31)8-11-20(22)23;1-26(2,3)31-25(29)28-18-9-10-19(28)14-17(13-18)24-20-6-4-5-7-22(20)30-23-12-16(15-27)8-11-21(23)24;26-22-24-21(25-28-22)12-5-8-17-19(11-12)27-18-4-2-1-3-16(18)20(17)13-9-14-6-7-15(10-13)23-14;6-3-5-1-2-7-4-5;;1-2/h1-5,8-10,13,15,18-20,25H,6-7,11-12,14H2,(H,28,29,31);4-8,11,14,16-18,23,31H,9-10,12-13H2,1-3H3,(H2,27,28);4-8,11-12,17-19,24H,9-10,13-14H2,1-3H3;1-5,8,11,13-15,20,23H,6-7,9-10H2,(H,24,25,26);1-4H;1H;2H,1H2. The number of aromatic amines is 2. The predicted octanol–water partition coefficient (Wildman–Crippen LogP) is 21.1. The van der Waals surface area contributed by atoms with Gasteiger partial charge < -0.3 is 68.5 Å². The Hall–Kier alpha value is -13.5. The molecule has 8 fully saturated rings. The van der Waals surface area contributed by atoms with Crippen LogP contribution in [0.2, 0.25) is 0 Å². The van der Waals surface area contributed by atoms with E-state index < -0.39 is 22.7 Å². The number of nitrogens with zero attached hydrogens (tertiary/aromatic N) is 7. The molecule has 12 aliphatic heterocycles. The van der Waals surface area contributed by atoms with Gasteiger partial charge in [0.25, 0.3) is 0 Å². The molecule has 8 bridgehead atoms. The highest BCUT2D eigenvalue weighted by molar-refractivity contribution is 5.97. The minimum absolute atomic E-state index is 0. The third-order valence-electron chi connectivity index (χ3n) is 28.9. The monoisotopic (exact) mass is 1860 g/mol. The lowest BCUT2D eigenvalue weighted by Gasteiger charge is -2.43. The van der Waals surface area contributed by atoms with Gasteiger partial charge in [0.15, 0.2) is 23.8 Å². The van der Waals surface area contributed by atoms with Gasteiger partial charge >= 0.3 is 23.7 Å². The molecule has 2 amide bonds. The number of piperidine rings is 4. The molecule has 12 atom stereocenters. The second-order valence-electron chi connectivity index (χ2n) is 39.4. The lowest BCUT2D eigenvalue weighted by atomic mass is 9.72. The van der Waals surface area contributed by atoms with E-state index in [-0.39, 0.29) is 72.4 Å². The number of carbonyl (C=O) groups is 3. The molecule has 0 aliphatic carbocycles. The molecular formula is C106H113ClN12O17. The summed E-state index contributed by atoms with van der Waals surface area (Å²) in [7, 11) is 0. The van der Waals surface area contributed by atoms with E-state index in [0.29, 0.717) is 82.1 Å². The zero-order valence-electron chi connectivity index (χ0n) is 76.7. The van der Waals surface area contributed by atoms with Crippen LogP contribution in [0.15, 0.2) is 240 Å². The molecule has 30 heteroatoms. The van der Waals surface area contributed by atoms with E-state index in [1.807, 2.05) is 155 Å². The van der Waals surface area contributed by atoms with Gasteiger partial charge in [0.05, 0.1) is 36.0 Å². The molecule has 8 aromatic carbocycles. The van der Waals surface area contributed by atoms with Gasteiger partial charge in [-0.25, -0.2) is 25.1 Å². The second kappa shape index (κ2) is 39.4. The summed E-state index contributed by atoms with van der Waals surface area (Å²) in [5, 5.41) is 39.5. The molecule has 12 aliphatic rings. The van der Waals surface area contributed by atoms with Crippen LogP contribution < -0.4 is 47.4 Å². The summed E-state index contributed by atoms with van der Waals surface area (Å²) in [4.78, 5) is 70.3. The van der Waals surface area contributed by atoms with Crippen LogP contribution in [0.3, 0.4) is 0 Å². The Labute approximate surface area is 793 Å². The number of amidine groups is 1. The Morgan fingerprint density at radius 3 is 1.21 bits per heavy atom. The number of rotatable bonds is 10. The van der Waals surface area contributed by atoms with Crippen molar-refractivity contribution < 1.29 is 71.1 Å². The zero-order chi connectivity index (χ0) is 93.5. The SMILES string of the molecule is CC(C)(C)OC(=O)N1C2CCC1CC(C1c3ccccc3Oc3cc(/C(N)=N/O)ccc31)C2.CC(C)(C)OC(=O)N1C2CCC1CC(C1c3ccccc3Oc3cc(C#N)ccc31)C2.Cl.NO.O=Cc1ccoc1.O=c1[nH]c(-c2ccc3c(c2)Oc2ccccc2C3C2CC3CCC(C2)N3)no1.O=c1[nH]c(-c2ccc3c(c2)Oc2ccccc2C3C2CC3CCC(C2)N3Cc2ccoc2)no1. The smallest absolute Gasteiger partial charge is 0.439 e. The minimum Gasteiger partial charge on any atom is -0.472 e. The van der Waals surface area contributed by atoms with E-state index >= 15 is 0 Å². The number of aldehydes is 1. The summed E-state index contributed by atoms with van der Waals surface area (Å²) >= 11 is 0. The molecule has 0 radical (unpaired) electrons. The van der Waals surface area contributed by atoms with Crippen molar-refractivity contribution in [2.45, 2.75) is 234 Å². The molecule has 12 unspecified atom stereocenters. The molecule has 136 heavy (non-hydrogen) atoms. The fraction of sp³-hybridized carbons (Fsp3) is 0.387. The number of para-hydroxylation sites is 4. The number of nitriles is 1. The fourth-order valence-corrected chi connectivity index (χ4v) is 23.7. The molecule has 12 aromatic rings. The van der Waals surface area contributed by atoms with E-state index in [1.165, 1.54) is 103 Å². The van der Waals surface area contributed by atoms with Crippen molar-refractivity contribution in [3.8, 4) is 74.8 Å². The van der Waals surface area contributed by atoms with Gasteiger partial charge in [-0.05, 0) is 235 Å². The number of oxime groups is 1. The van der Waals surface area contributed by atoms with Gasteiger partial charge in [-0.15, -0.1) is 12.4 Å². The van der Waals surface area contributed by atoms with E-state index in [2.05, 4.69) is 135 Å². The number of carbonyl (C=O) groups excluding carboxylic acids is 3. The van der Waals surface area contributed by atoms with Gasteiger partial charge in [0, 0.05) is 145 Å². The van der Waals surface area contributed by atoms with Crippen molar-refractivity contribution in [2.24, 2.45) is 40.5 Å². The van der Waals surface area contributed by atoms with Crippen molar-refractivity contribution in [3.05, 3.63) is 295 Å². The topological polar surface area (TPSA) is 401 Å². The van der Waals surface area contributed by atoms with Crippen LogP contribution in [-0.4, -0.2) is 129 Å². The third kappa shape index (κ3) is 19.3. The van der Waals surface area contributed by atoms with Crippen molar-refractivity contribution in [3.63, 3.8) is 0 Å². The number of H-pyrrole nitrogens is 2. The number of nitrogens with two attached hydrogens (primary N) is 2. The third-order valence-corrected chi connectivity index (χ3v) is 28.9. The Morgan fingerprint density at radius 1 is 0.478 bits per heavy atom. The highest BCUT2D eigenvalue weighted by atomic mass is 35.5. The number of benzene rings is 8. The average Bonchev–Trinajstić information content (AvgIpc) is 1.12. The van der Waals surface area contributed by atoms with Crippen molar-refractivity contribution in [1.29, 1.82) is 5.26 Å². The van der Waals surface area contributed by atoms with Crippen molar-refractivity contribution >= 4 is 36.7 Å².